The van der Waals surface area contributed by atoms with Crippen molar-refractivity contribution in [3.8, 4) is 0 Å². The molecule has 15 heavy (non-hydrogen) atoms. The summed E-state index contributed by atoms with van der Waals surface area (Å²) in [4.78, 5) is 28.9. The first-order chi connectivity index (χ1) is 6.76. The quantitative estimate of drug-likeness (QED) is 0.474. The van der Waals surface area contributed by atoms with Crippen molar-refractivity contribution in [1.82, 2.24) is 5.32 Å². The van der Waals surface area contributed by atoms with E-state index in [4.69, 9.17) is 9.79 Å². The smallest absolute Gasteiger partial charge is 0.327 e. The summed E-state index contributed by atoms with van der Waals surface area (Å²) in [6, 6.07) is -0.486. The van der Waals surface area contributed by atoms with Crippen LogP contribution in [0.15, 0.2) is 12.2 Å². The van der Waals surface area contributed by atoms with Crippen molar-refractivity contribution in [3.63, 3.8) is 0 Å². The Balaban J connectivity index is 4.34. The molecule has 0 aliphatic heterocycles. The Hall–Kier alpha value is -0.640. The lowest BCUT2D eigenvalue weighted by Crippen LogP contribution is -2.37. The maximum Gasteiger partial charge on any atom is 0.327 e. The molecule has 1 atom stereocenters. The molecule has 0 aromatic heterocycles. The predicted molar refractivity (Wildman–Crippen MR) is 58.6 cm³/mol. The predicted octanol–water partition coefficient (Wildman–Crippen LogP) is 1.03. The maximum atomic E-state index is 11.3. The molecule has 0 saturated carbocycles. The van der Waals surface area contributed by atoms with Crippen molar-refractivity contribution in [2.24, 2.45) is 0 Å². The molecule has 0 aliphatic rings. The Morgan fingerprint density at radius 1 is 1.53 bits per heavy atom. The highest BCUT2D eigenvalue weighted by molar-refractivity contribution is 7.51. The molecule has 0 fully saturated rings. The summed E-state index contributed by atoms with van der Waals surface area (Å²) in [7, 11) is -4.08. The Morgan fingerprint density at radius 2 is 2.07 bits per heavy atom. The van der Waals surface area contributed by atoms with Gasteiger partial charge >= 0.3 is 7.60 Å². The van der Waals surface area contributed by atoms with E-state index in [-0.39, 0.29) is 12.1 Å². The van der Waals surface area contributed by atoms with E-state index >= 15 is 0 Å². The number of hydrogen-bond donors (Lipinski definition) is 3. The first-order valence-electron chi connectivity index (χ1n) is 4.77. The standard InChI is InChI=1S/C9H18NO4P/c1-4-5-8(6-15(12,13)14)10-9(11)7(2)3/h8H,2,4-6H2,1,3H3,(H,10,11)(H2,12,13,14). The summed E-state index contributed by atoms with van der Waals surface area (Å²) >= 11 is 0. The monoisotopic (exact) mass is 235 g/mol. The van der Waals surface area contributed by atoms with E-state index in [1.165, 1.54) is 0 Å². The van der Waals surface area contributed by atoms with Crippen LogP contribution in [0.1, 0.15) is 26.7 Å². The minimum atomic E-state index is -4.08. The van der Waals surface area contributed by atoms with E-state index in [0.717, 1.165) is 6.42 Å². The lowest BCUT2D eigenvalue weighted by molar-refractivity contribution is -0.118. The van der Waals surface area contributed by atoms with Gasteiger partial charge in [-0.2, -0.15) is 0 Å². The van der Waals surface area contributed by atoms with Crippen molar-refractivity contribution >= 4 is 13.5 Å². The fraction of sp³-hybridized carbons (Fsp3) is 0.667. The average Bonchev–Trinajstić information content (AvgIpc) is 2.00. The van der Waals surface area contributed by atoms with Crippen LogP contribution in [0.3, 0.4) is 0 Å². The number of hydrogen-bond acceptors (Lipinski definition) is 2. The van der Waals surface area contributed by atoms with Crippen LogP contribution < -0.4 is 5.32 Å². The lowest BCUT2D eigenvalue weighted by atomic mass is 10.2. The number of nitrogens with one attached hydrogen (secondary N) is 1. The first-order valence-corrected chi connectivity index (χ1v) is 6.57. The highest BCUT2D eigenvalue weighted by atomic mass is 31.2. The zero-order valence-electron chi connectivity index (χ0n) is 9.06. The second kappa shape index (κ2) is 6.05. The van der Waals surface area contributed by atoms with Gasteiger partial charge in [-0.15, -0.1) is 0 Å². The molecule has 0 aromatic rings. The normalized spacial score (nSPS) is 13.3. The molecule has 3 N–H and O–H groups in total. The molecule has 6 heteroatoms. The minimum absolute atomic E-state index is 0.320. The lowest BCUT2D eigenvalue weighted by Gasteiger charge is -2.18. The topological polar surface area (TPSA) is 86.6 Å². The van der Waals surface area contributed by atoms with Crippen LogP contribution >= 0.6 is 7.60 Å². The summed E-state index contributed by atoms with van der Waals surface area (Å²) in [5.74, 6) is -0.359. The summed E-state index contributed by atoms with van der Waals surface area (Å²) in [5.41, 5.74) is 0.335. The molecule has 5 nitrogen and oxygen atoms in total. The number of carbonyl (C=O) groups is 1. The van der Waals surface area contributed by atoms with Gasteiger partial charge in [-0.1, -0.05) is 19.9 Å². The SMILES string of the molecule is C=C(C)C(=O)NC(CCC)CP(=O)(O)O. The molecule has 0 saturated heterocycles. The van der Waals surface area contributed by atoms with Gasteiger partial charge in [-0.25, -0.2) is 0 Å². The zero-order chi connectivity index (χ0) is 12.1. The third kappa shape index (κ3) is 7.31. The van der Waals surface area contributed by atoms with E-state index in [2.05, 4.69) is 11.9 Å². The number of amides is 1. The van der Waals surface area contributed by atoms with Crippen LogP contribution in [0.2, 0.25) is 0 Å². The van der Waals surface area contributed by atoms with Gasteiger partial charge in [-0.3, -0.25) is 9.36 Å². The molecule has 0 bridgehead atoms. The third-order valence-electron chi connectivity index (χ3n) is 1.82. The maximum absolute atomic E-state index is 11.3. The Labute approximate surface area is 89.7 Å². The van der Waals surface area contributed by atoms with Crippen molar-refractivity contribution < 1.29 is 19.1 Å². The molecule has 88 valence electrons. The van der Waals surface area contributed by atoms with E-state index in [1.54, 1.807) is 6.92 Å². The summed E-state index contributed by atoms with van der Waals surface area (Å²) < 4.78 is 10.8. The zero-order valence-corrected chi connectivity index (χ0v) is 9.96. The van der Waals surface area contributed by atoms with Gasteiger partial charge in [-0.05, 0) is 13.3 Å². The van der Waals surface area contributed by atoms with Crippen LogP contribution in [0.5, 0.6) is 0 Å². The molecule has 0 rings (SSSR count). The second-order valence-electron chi connectivity index (χ2n) is 3.59. The molecule has 0 aromatic carbocycles. The Morgan fingerprint density at radius 3 is 2.40 bits per heavy atom. The summed E-state index contributed by atoms with van der Waals surface area (Å²) in [6.07, 6.45) is 0.977. The van der Waals surface area contributed by atoms with Gasteiger partial charge in [0, 0.05) is 11.6 Å². The average molecular weight is 235 g/mol. The molecule has 1 amide bonds. The molecule has 0 heterocycles. The minimum Gasteiger partial charge on any atom is -0.349 e. The highest BCUT2D eigenvalue weighted by Crippen LogP contribution is 2.35. The third-order valence-corrected chi connectivity index (χ3v) is 2.73. The van der Waals surface area contributed by atoms with Crippen molar-refractivity contribution in [2.45, 2.75) is 32.7 Å². The van der Waals surface area contributed by atoms with Gasteiger partial charge in [0.25, 0.3) is 0 Å². The van der Waals surface area contributed by atoms with Gasteiger partial charge in [0.1, 0.15) is 0 Å². The largest absolute Gasteiger partial charge is 0.349 e. The number of rotatable bonds is 6. The van der Waals surface area contributed by atoms with E-state index in [0.29, 0.717) is 12.0 Å². The van der Waals surface area contributed by atoms with Crippen LogP contribution in [-0.4, -0.2) is 27.9 Å². The summed E-state index contributed by atoms with van der Waals surface area (Å²) in [6.45, 7) is 6.90. The highest BCUT2D eigenvalue weighted by Gasteiger charge is 2.22. The molecule has 0 radical (unpaired) electrons. The van der Waals surface area contributed by atoms with Crippen LogP contribution in [0, 0.1) is 0 Å². The van der Waals surface area contributed by atoms with Crippen LogP contribution in [-0.2, 0) is 9.36 Å². The Bertz CT molecular complexity index is 284. The van der Waals surface area contributed by atoms with E-state index in [1.807, 2.05) is 6.92 Å². The van der Waals surface area contributed by atoms with Gasteiger partial charge in [0.2, 0.25) is 5.91 Å². The van der Waals surface area contributed by atoms with E-state index in [9.17, 15) is 9.36 Å². The number of carbonyl (C=O) groups excluding carboxylic acids is 1. The van der Waals surface area contributed by atoms with Crippen molar-refractivity contribution in [1.29, 1.82) is 0 Å². The molecule has 0 spiro atoms. The van der Waals surface area contributed by atoms with Crippen LogP contribution in [0.4, 0.5) is 0 Å². The van der Waals surface area contributed by atoms with Crippen LogP contribution in [0.25, 0.3) is 0 Å². The van der Waals surface area contributed by atoms with Gasteiger partial charge in [0.05, 0.1) is 6.16 Å². The Kier molecular flexibility index (Phi) is 5.80. The molecule has 1 unspecified atom stereocenters. The van der Waals surface area contributed by atoms with Gasteiger partial charge in [0.15, 0.2) is 0 Å². The van der Waals surface area contributed by atoms with Crippen molar-refractivity contribution in [3.05, 3.63) is 12.2 Å². The molecular formula is C9H18NO4P. The summed E-state index contributed by atoms with van der Waals surface area (Å²) in [5, 5.41) is 2.54. The van der Waals surface area contributed by atoms with E-state index < -0.39 is 13.6 Å². The fourth-order valence-electron chi connectivity index (χ4n) is 1.15. The second-order valence-corrected chi connectivity index (χ2v) is 5.28. The molecule has 0 aliphatic carbocycles. The van der Waals surface area contributed by atoms with Gasteiger partial charge < -0.3 is 15.1 Å². The fourth-order valence-corrected chi connectivity index (χ4v) is 2.00. The van der Waals surface area contributed by atoms with Crippen molar-refractivity contribution in [2.75, 3.05) is 6.16 Å². The first kappa shape index (κ1) is 14.4. The molecular weight excluding hydrogens is 217 g/mol.